The molecule has 0 bridgehead atoms. The van der Waals surface area contributed by atoms with Crippen molar-refractivity contribution in [2.24, 2.45) is 10.2 Å². The summed E-state index contributed by atoms with van der Waals surface area (Å²) >= 11 is 0. The number of amides is 2. The van der Waals surface area contributed by atoms with Crippen LogP contribution < -0.4 is 10.9 Å². The number of nitrogens with zero attached hydrogens (tertiary/aromatic N) is 2. The second kappa shape index (κ2) is 8.64. The molecule has 0 aromatic heterocycles. The minimum absolute atomic E-state index is 0.171. The van der Waals surface area contributed by atoms with Crippen molar-refractivity contribution in [1.82, 2.24) is 10.9 Å². The van der Waals surface area contributed by atoms with Crippen molar-refractivity contribution in [1.29, 1.82) is 0 Å². The van der Waals surface area contributed by atoms with E-state index in [9.17, 15) is 22.4 Å². The number of rotatable bonds is 5. The van der Waals surface area contributed by atoms with E-state index in [1.165, 1.54) is 32.2 Å². The first-order chi connectivity index (χ1) is 13.1. The molecule has 28 heavy (non-hydrogen) atoms. The molecule has 9 heteroatoms. The second-order valence-corrected chi connectivity index (χ2v) is 6.29. The van der Waals surface area contributed by atoms with E-state index < -0.39 is 23.4 Å². The number of carbonyl (C=O) groups is 1. The molecule has 0 aliphatic rings. The quantitative estimate of drug-likeness (QED) is 0.435. The van der Waals surface area contributed by atoms with Crippen LogP contribution in [0.4, 0.5) is 22.4 Å². The number of carbonyl (C=O) groups excluding carboxylic acids is 1. The minimum Gasteiger partial charge on any atom is -0.245 e. The minimum atomic E-state index is -4.46. The van der Waals surface area contributed by atoms with E-state index in [0.29, 0.717) is 11.1 Å². The van der Waals surface area contributed by atoms with Crippen molar-refractivity contribution in [2.45, 2.75) is 25.7 Å². The van der Waals surface area contributed by atoms with Gasteiger partial charge < -0.3 is 0 Å². The Kier molecular flexibility index (Phi) is 6.50. The van der Waals surface area contributed by atoms with E-state index in [2.05, 4.69) is 21.1 Å². The molecule has 0 saturated heterocycles. The number of urea groups is 1. The summed E-state index contributed by atoms with van der Waals surface area (Å²) in [5, 5.41) is 7.26. The van der Waals surface area contributed by atoms with Crippen LogP contribution in [0.3, 0.4) is 0 Å². The number of halogens is 4. The Morgan fingerprint density at radius 3 is 1.79 bits per heavy atom. The highest BCUT2D eigenvalue weighted by Gasteiger charge is 2.30. The highest BCUT2D eigenvalue weighted by atomic mass is 19.4. The van der Waals surface area contributed by atoms with Gasteiger partial charge in [-0.1, -0.05) is 30.3 Å². The zero-order valence-electron chi connectivity index (χ0n) is 15.1. The molecule has 2 N–H and O–H groups in total. The first-order valence-electron chi connectivity index (χ1n) is 8.14. The topological polar surface area (TPSA) is 65.8 Å². The van der Waals surface area contributed by atoms with E-state index >= 15 is 0 Å². The molecule has 5 nitrogen and oxygen atoms in total. The lowest BCUT2D eigenvalue weighted by molar-refractivity contribution is -0.137. The van der Waals surface area contributed by atoms with Crippen LogP contribution in [0.15, 0.2) is 58.7 Å². The van der Waals surface area contributed by atoms with Gasteiger partial charge in [0.15, 0.2) is 0 Å². The van der Waals surface area contributed by atoms with Crippen LogP contribution in [0.25, 0.3) is 0 Å². The van der Waals surface area contributed by atoms with E-state index in [4.69, 9.17) is 0 Å². The lowest BCUT2D eigenvalue weighted by Crippen LogP contribution is -2.28. The molecule has 2 aromatic rings. The lowest BCUT2D eigenvalue weighted by atomic mass is 9.98. The Hall–Kier alpha value is -3.23. The summed E-state index contributed by atoms with van der Waals surface area (Å²) in [5.41, 5.74) is 3.11. The predicted molar refractivity (Wildman–Crippen MR) is 98.9 cm³/mol. The van der Waals surface area contributed by atoms with Crippen LogP contribution in [-0.4, -0.2) is 18.5 Å². The summed E-state index contributed by atoms with van der Waals surface area (Å²) in [6, 6.07) is 10.3. The van der Waals surface area contributed by atoms with Crippen molar-refractivity contribution < 1.29 is 22.4 Å². The molecule has 0 unspecified atom stereocenters. The molecule has 0 aliphatic carbocycles. The first-order valence-corrected chi connectivity index (χ1v) is 8.14. The summed E-state index contributed by atoms with van der Waals surface area (Å²) < 4.78 is 51.8. The lowest BCUT2D eigenvalue weighted by Gasteiger charge is -2.14. The van der Waals surface area contributed by atoms with Gasteiger partial charge in [-0.15, -0.1) is 0 Å². The number of hydrazone groups is 2. The van der Waals surface area contributed by atoms with Crippen LogP contribution in [0.5, 0.6) is 0 Å². The third-order valence-electron chi connectivity index (χ3n) is 3.55. The van der Waals surface area contributed by atoms with Gasteiger partial charge in [-0.2, -0.15) is 23.4 Å². The van der Waals surface area contributed by atoms with Crippen molar-refractivity contribution in [3.8, 4) is 0 Å². The monoisotopic (exact) mass is 394 g/mol. The van der Waals surface area contributed by atoms with Crippen LogP contribution in [0.2, 0.25) is 0 Å². The summed E-state index contributed by atoms with van der Waals surface area (Å²) in [6.45, 7) is 2.86. The summed E-state index contributed by atoms with van der Waals surface area (Å²) in [6.07, 6.45) is -2.06. The van der Waals surface area contributed by atoms with Crippen molar-refractivity contribution in [3.63, 3.8) is 0 Å². The SMILES string of the molecule is CC(C)(F)c1cccc(/C=N/NC(=O)N/N=C/c2cccc(C(F)(F)F)c2)c1. The molecule has 2 amide bonds. The molecular formula is C19H18F4N4O. The van der Waals surface area contributed by atoms with Gasteiger partial charge in [0.1, 0.15) is 5.67 Å². The number of alkyl halides is 4. The van der Waals surface area contributed by atoms with E-state index in [1.807, 2.05) is 0 Å². The summed E-state index contributed by atoms with van der Waals surface area (Å²) in [4.78, 5) is 11.6. The fourth-order valence-corrected chi connectivity index (χ4v) is 2.14. The maximum atomic E-state index is 13.9. The van der Waals surface area contributed by atoms with Crippen molar-refractivity contribution >= 4 is 18.5 Å². The van der Waals surface area contributed by atoms with Gasteiger partial charge in [0.05, 0.1) is 18.0 Å². The molecule has 2 rings (SSSR count). The highest BCUT2D eigenvalue weighted by molar-refractivity contribution is 5.83. The fourth-order valence-electron chi connectivity index (χ4n) is 2.14. The molecule has 2 aromatic carbocycles. The third kappa shape index (κ3) is 6.49. The third-order valence-corrected chi connectivity index (χ3v) is 3.55. The molecule has 148 valence electrons. The molecule has 0 aliphatic heterocycles. The second-order valence-electron chi connectivity index (χ2n) is 6.29. The van der Waals surface area contributed by atoms with Crippen LogP contribution in [0.1, 0.15) is 36.1 Å². The van der Waals surface area contributed by atoms with E-state index in [1.54, 1.807) is 24.3 Å². The fraction of sp³-hybridized carbons (Fsp3) is 0.211. The molecular weight excluding hydrogens is 376 g/mol. The van der Waals surface area contributed by atoms with Gasteiger partial charge >= 0.3 is 12.2 Å². The molecule has 0 spiro atoms. The molecule has 0 radical (unpaired) electrons. The summed E-state index contributed by atoms with van der Waals surface area (Å²) in [5.74, 6) is 0. The van der Waals surface area contributed by atoms with Crippen LogP contribution >= 0.6 is 0 Å². The Morgan fingerprint density at radius 1 is 0.857 bits per heavy atom. The smallest absolute Gasteiger partial charge is 0.245 e. The number of nitrogens with one attached hydrogen (secondary N) is 2. The summed E-state index contributed by atoms with van der Waals surface area (Å²) in [7, 11) is 0. The Bertz CT molecular complexity index is 814. The zero-order chi connectivity index (χ0) is 20.8. The number of hydrogen-bond donors (Lipinski definition) is 2. The molecule has 0 fully saturated rings. The maximum Gasteiger partial charge on any atom is 0.416 e. The molecule has 0 atom stereocenters. The van der Waals surface area contributed by atoms with Crippen LogP contribution in [-0.2, 0) is 11.8 Å². The Balaban J connectivity index is 1.90. The van der Waals surface area contributed by atoms with E-state index in [0.717, 1.165) is 18.3 Å². The van der Waals surface area contributed by atoms with Crippen molar-refractivity contribution in [2.75, 3.05) is 0 Å². The Morgan fingerprint density at radius 2 is 1.32 bits per heavy atom. The van der Waals surface area contributed by atoms with Crippen molar-refractivity contribution in [3.05, 3.63) is 70.8 Å². The molecule has 0 heterocycles. The van der Waals surface area contributed by atoms with Gasteiger partial charge in [0.2, 0.25) is 0 Å². The van der Waals surface area contributed by atoms with E-state index in [-0.39, 0.29) is 5.56 Å². The van der Waals surface area contributed by atoms with Gasteiger partial charge in [0, 0.05) is 0 Å². The number of hydrogen-bond acceptors (Lipinski definition) is 3. The van der Waals surface area contributed by atoms with Gasteiger partial charge in [-0.05, 0) is 48.7 Å². The first kappa shape index (κ1) is 21.1. The molecule has 0 saturated carbocycles. The standard InChI is InChI=1S/C19H18F4N4O/c1-18(2,20)15-7-3-5-13(9-15)11-24-26-17(28)27-25-12-14-6-4-8-16(10-14)19(21,22)23/h3-12H,1-2H3,(H2,26,27,28)/b24-11+,25-12+. The van der Waals surface area contributed by atoms with Crippen LogP contribution in [0, 0.1) is 0 Å². The normalized spacial score (nSPS) is 12.5. The zero-order valence-corrected chi connectivity index (χ0v) is 15.1. The Labute approximate surface area is 159 Å². The average Bonchev–Trinajstić information content (AvgIpc) is 2.61. The predicted octanol–water partition coefficient (Wildman–Crippen LogP) is 4.58. The van der Waals surface area contributed by atoms with Gasteiger partial charge in [-0.3, -0.25) is 0 Å². The average molecular weight is 394 g/mol. The van der Waals surface area contributed by atoms with Gasteiger partial charge in [0.25, 0.3) is 0 Å². The maximum absolute atomic E-state index is 13.9. The largest absolute Gasteiger partial charge is 0.416 e. The van der Waals surface area contributed by atoms with Gasteiger partial charge in [-0.25, -0.2) is 20.0 Å². The number of benzene rings is 2. The highest BCUT2D eigenvalue weighted by Crippen LogP contribution is 2.29.